The molecule has 1 atom stereocenters. The standard InChI is InChI=1S/C14H27N3O2S/c1-11(10-20-2)9-16-13(18)14(12(15)17-19)7-5-3-4-6-8-14/h11,19H,3-10H2,1-2H3,(H2,15,17)(H,16,18). The van der Waals surface area contributed by atoms with E-state index in [9.17, 15) is 4.79 Å². The van der Waals surface area contributed by atoms with Crippen molar-refractivity contribution in [3.8, 4) is 0 Å². The van der Waals surface area contributed by atoms with E-state index in [0.29, 0.717) is 25.3 Å². The van der Waals surface area contributed by atoms with Gasteiger partial charge < -0.3 is 16.3 Å². The average molecular weight is 301 g/mol. The van der Waals surface area contributed by atoms with E-state index in [4.69, 9.17) is 10.9 Å². The van der Waals surface area contributed by atoms with Crippen molar-refractivity contribution >= 4 is 23.5 Å². The molecule has 0 saturated heterocycles. The average Bonchev–Trinajstić information content (AvgIpc) is 2.71. The number of rotatable bonds is 6. The van der Waals surface area contributed by atoms with Crippen molar-refractivity contribution in [1.29, 1.82) is 0 Å². The molecule has 20 heavy (non-hydrogen) atoms. The summed E-state index contributed by atoms with van der Waals surface area (Å²) in [4.78, 5) is 12.6. The fraction of sp³-hybridized carbons (Fsp3) is 0.857. The summed E-state index contributed by atoms with van der Waals surface area (Å²) < 4.78 is 0. The van der Waals surface area contributed by atoms with Crippen LogP contribution in [-0.4, -0.2) is 35.5 Å². The monoisotopic (exact) mass is 301 g/mol. The van der Waals surface area contributed by atoms with Crippen molar-refractivity contribution in [3.63, 3.8) is 0 Å². The molecule has 1 saturated carbocycles. The van der Waals surface area contributed by atoms with Crippen LogP contribution in [-0.2, 0) is 4.79 Å². The van der Waals surface area contributed by atoms with Crippen molar-refractivity contribution in [2.75, 3.05) is 18.6 Å². The van der Waals surface area contributed by atoms with E-state index in [1.54, 1.807) is 11.8 Å². The molecule has 5 nitrogen and oxygen atoms in total. The summed E-state index contributed by atoms with van der Waals surface area (Å²) in [7, 11) is 0. The van der Waals surface area contributed by atoms with E-state index in [2.05, 4.69) is 23.7 Å². The summed E-state index contributed by atoms with van der Waals surface area (Å²) in [5.74, 6) is 1.41. The molecule has 1 aliphatic carbocycles. The topological polar surface area (TPSA) is 87.7 Å². The molecule has 0 spiro atoms. The van der Waals surface area contributed by atoms with Crippen molar-refractivity contribution in [3.05, 3.63) is 0 Å². The van der Waals surface area contributed by atoms with Crippen LogP contribution in [0, 0.1) is 11.3 Å². The summed E-state index contributed by atoms with van der Waals surface area (Å²) in [5.41, 5.74) is 5.04. The number of oxime groups is 1. The van der Waals surface area contributed by atoms with Gasteiger partial charge in [-0.3, -0.25) is 4.79 Å². The van der Waals surface area contributed by atoms with E-state index in [0.717, 1.165) is 31.4 Å². The van der Waals surface area contributed by atoms with Gasteiger partial charge in [0, 0.05) is 6.54 Å². The van der Waals surface area contributed by atoms with Crippen molar-refractivity contribution in [2.24, 2.45) is 22.2 Å². The van der Waals surface area contributed by atoms with Gasteiger partial charge in [0.15, 0.2) is 5.84 Å². The van der Waals surface area contributed by atoms with Gasteiger partial charge >= 0.3 is 0 Å². The van der Waals surface area contributed by atoms with Crippen LogP contribution < -0.4 is 11.1 Å². The Bertz CT molecular complexity index is 339. The van der Waals surface area contributed by atoms with Gasteiger partial charge in [-0.15, -0.1) is 0 Å². The molecule has 1 aliphatic rings. The molecule has 0 aromatic heterocycles. The molecule has 1 unspecified atom stereocenters. The molecule has 0 aromatic carbocycles. The third-order valence-electron chi connectivity index (χ3n) is 4.05. The maximum atomic E-state index is 12.6. The molecule has 6 heteroatoms. The highest BCUT2D eigenvalue weighted by atomic mass is 32.2. The lowest BCUT2D eigenvalue weighted by molar-refractivity contribution is -0.128. The minimum absolute atomic E-state index is 0.0643. The maximum Gasteiger partial charge on any atom is 0.233 e. The second-order valence-corrected chi connectivity index (χ2v) is 6.66. The second-order valence-electron chi connectivity index (χ2n) is 5.75. The first kappa shape index (κ1) is 17.1. The second kappa shape index (κ2) is 8.39. The highest BCUT2D eigenvalue weighted by molar-refractivity contribution is 7.98. The molecular formula is C14H27N3O2S. The fourth-order valence-electron chi connectivity index (χ4n) is 2.81. The molecule has 1 amide bonds. The SMILES string of the molecule is CSCC(C)CNC(=O)C1(C(N)=NO)CCCCCC1. The van der Waals surface area contributed by atoms with Crippen molar-refractivity contribution in [1.82, 2.24) is 5.32 Å². The first-order valence-corrected chi connectivity index (χ1v) is 8.71. The van der Waals surface area contributed by atoms with Gasteiger partial charge in [-0.1, -0.05) is 37.8 Å². The van der Waals surface area contributed by atoms with E-state index in [1.165, 1.54) is 0 Å². The zero-order valence-electron chi connectivity index (χ0n) is 12.5. The molecule has 116 valence electrons. The van der Waals surface area contributed by atoms with Crippen LogP contribution in [0.25, 0.3) is 0 Å². The Morgan fingerprint density at radius 3 is 2.50 bits per heavy atom. The fourth-order valence-corrected chi connectivity index (χ4v) is 3.49. The van der Waals surface area contributed by atoms with Crippen LogP contribution in [0.2, 0.25) is 0 Å². The third kappa shape index (κ3) is 4.30. The van der Waals surface area contributed by atoms with E-state index in [1.807, 2.05) is 0 Å². The van der Waals surface area contributed by atoms with Crippen LogP contribution in [0.4, 0.5) is 0 Å². The summed E-state index contributed by atoms with van der Waals surface area (Å²) in [6.07, 6.45) is 7.51. The number of nitrogens with one attached hydrogen (secondary N) is 1. The quantitative estimate of drug-likeness (QED) is 0.231. The molecule has 1 rings (SSSR count). The summed E-state index contributed by atoms with van der Waals surface area (Å²) in [6, 6.07) is 0. The van der Waals surface area contributed by atoms with Gasteiger partial charge in [0.2, 0.25) is 5.91 Å². The molecule has 1 fully saturated rings. The first-order valence-electron chi connectivity index (χ1n) is 7.32. The zero-order chi connectivity index (χ0) is 15.0. The highest BCUT2D eigenvalue weighted by Gasteiger charge is 2.42. The van der Waals surface area contributed by atoms with Gasteiger partial charge in [-0.2, -0.15) is 11.8 Å². The predicted molar refractivity (Wildman–Crippen MR) is 84.1 cm³/mol. The lowest BCUT2D eigenvalue weighted by Gasteiger charge is -2.30. The smallest absolute Gasteiger partial charge is 0.233 e. The Morgan fingerprint density at radius 1 is 1.40 bits per heavy atom. The Morgan fingerprint density at radius 2 is 2.00 bits per heavy atom. The van der Waals surface area contributed by atoms with E-state index < -0.39 is 5.41 Å². The van der Waals surface area contributed by atoms with Gasteiger partial charge in [0.1, 0.15) is 5.41 Å². The zero-order valence-corrected chi connectivity index (χ0v) is 13.3. The largest absolute Gasteiger partial charge is 0.409 e. The summed E-state index contributed by atoms with van der Waals surface area (Å²) in [5, 5.41) is 15.2. The van der Waals surface area contributed by atoms with E-state index in [-0.39, 0.29) is 11.7 Å². The van der Waals surface area contributed by atoms with Crippen LogP contribution in [0.1, 0.15) is 45.4 Å². The number of thioether (sulfide) groups is 1. The number of amides is 1. The molecular weight excluding hydrogens is 274 g/mol. The molecule has 0 heterocycles. The Balaban J connectivity index is 2.74. The minimum atomic E-state index is -0.815. The number of nitrogens with two attached hydrogens (primary N) is 1. The van der Waals surface area contributed by atoms with Crippen LogP contribution in [0.15, 0.2) is 5.16 Å². The highest BCUT2D eigenvalue weighted by Crippen LogP contribution is 2.35. The van der Waals surface area contributed by atoms with E-state index >= 15 is 0 Å². The lowest BCUT2D eigenvalue weighted by Crippen LogP contribution is -2.50. The van der Waals surface area contributed by atoms with Gasteiger partial charge in [0.05, 0.1) is 0 Å². The van der Waals surface area contributed by atoms with Crippen LogP contribution in [0.3, 0.4) is 0 Å². The number of hydrogen-bond donors (Lipinski definition) is 3. The normalized spacial score (nSPS) is 21.0. The minimum Gasteiger partial charge on any atom is -0.409 e. The summed E-state index contributed by atoms with van der Waals surface area (Å²) >= 11 is 1.77. The van der Waals surface area contributed by atoms with Crippen molar-refractivity contribution in [2.45, 2.75) is 45.4 Å². The molecule has 4 N–H and O–H groups in total. The van der Waals surface area contributed by atoms with Crippen molar-refractivity contribution < 1.29 is 10.0 Å². The number of carbonyl (C=O) groups is 1. The van der Waals surface area contributed by atoms with Gasteiger partial charge in [-0.05, 0) is 30.8 Å². The Kier molecular flexibility index (Phi) is 7.19. The first-order chi connectivity index (χ1) is 9.56. The third-order valence-corrected chi connectivity index (χ3v) is 4.95. The predicted octanol–water partition coefficient (Wildman–Crippen LogP) is 2.19. The van der Waals surface area contributed by atoms with Gasteiger partial charge in [0.25, 0.3) is 0 Å². The Hall–Kier alpha value is -0.910. The van der Waals surface area contributed by atoms with Gasteiger partial charge in [-0.25, -0.2) is 0 Å². The molecule has 0 bridgehead atoms. The lowest BCUT2D eigenvalue weighted by atomic mass is 9.78. The maximum absolute atomic E-state index is 12.6. The van der Waals surface area contributed by atoms with Crippen LogP contribution in [0.5, 0.6) is 0 Å². The number of amidine groups is 1. The number of nitrogens with zero attached hydrogens (tertiary/aromatic N) is 1. The molecule has 0 aromatic rings. The number of hydrogen-bond acceptors (Lipinski definition) is 4. The number of carbonyl (C=O) groups excluding carboxylic acids is 1. The summed E-state index contributed by atoms with van der Waals surface area (Å²) in [6.45, 7) is 2.75. The van der Waals surface area contributed by atoms with Crippen LogP contribution >= 0.6 is 11.8 Å². The molecule has 0 radical (unpaired) electrons. The Labute approximate surface area is 125 Å². The molecule has 0 aliphatic heterocycles.